The van der Waals surface area contributed by atoms with E-state index >= 15 is 0 Å². The van der Waals surface area contributed by atoms with Gasteiger partial charge in [-0.3, -0.25) is 4.90 Å². The molecular weight excluding hydrogens is 508 g/mol. The van der Waals surface area contributed by atoms with Crippen LogP contribution in [0.5, 0.6) is 11.5 Å². The third kappa shape index (κ3) is 6.53. The number of halogens is 2. The predicted molar refractivity (Wildman–Crippen MR) is 154 cm³/mol. The van der Waals surface area contributed by atoms with Gasteiger partial charge in [0.05, 0.1) is 11.4 Å². The van der Waals surface area contributed by atoms with Crippen molar-refractivity contribution in [1.29, 1.82) is 0 Å². The van der Waals surface area contributed by atoms with Crippen molar-refractivity contribution in [1.82, 2.24) is 14.5 Å². The van der Waals surface area contributed by atoms with Crippen LogP contribution in [0.15, 0.2) is 78.9 Å². The highest BCUT2D eigenvalue weighted by atomic mass is 19.3. The SMILES string of the molecule is CCCCn1c(-c2ccccc2)nc(-c2ccccc2)c1CN(CCC(C)C)Cc1ccc2c(c1)OC(F)(F)O2. The van der Waals surface area contributed by atoms with Gasteiger partial charge >= 0.3 is 6.29 Å². The van der Waals surface area contributed by atoms with Crippen molar-refractivity contribution in [3.8, 4) is 34.1 Å². The second-order valence-corrected chi connectivity index (χ2v) is 10.8. The smallest absolute Gasteiger partial charge is 0.395 e. The maximum absolute atomic E-state index is 13.7. The summed E-state index contributed by atoms with van der Waals surface area (Å²) in [6, 6.07) is 25.8. The van der Waals surface area contributed by atoms with E-state index in [2.05, 4.69) is 59.2 Å². The zero-order valence-corrected chi connectivity index (χ0v) is 23.4. The van der Waals surface area contributed by atoms with Crippen LogP contribution in [0.3, 0.4) is 0 Å². The minimum absolute atomic E-state index is 0.0685. The first-order valence-electron chi connectivity index (χ1n) is 14.1. The van der Waals surface area contributed by atoms with Crippen molar-refractivity contribution in [3.05, 3.63) is 90.1 Å². The topological polar surface area (TPSA) is 39.5 Å². The molecule has 3 aromatic carbocycles. The fourth-order valence-corrected chi connectivity index (χ4v) is 5.06. The second kappa shape index (κ2) is 12.2. The van der Waals surface area contributed by atoms with E-state index in [1.54, 1.807) is 12.1 Å². The zero-order valence-electron chi connectivity index (χ0n) is 23.4. The summed E-state index contributed by atoms with van der Waals surface area (Å²) < 4.78 is 39.0. The van der Waals surface area contributed by atoms with Crippen LogP contribution in [0.25, 0.3) is 22.6 Å². The maximum Gasteiger partial charge on any atom is 0.586 e. The highest BCUT2D eigenvalue weighted by molar-refractivity contribution is 5.68. The molecule has 0 saturated heterocycles. The monoisotopic (exact) mass is 545 g/mol. The number of alkyl halides is 2. The van der Waals surface area contributed by atoms with E-state index in [0.29, 0.717) is 19.0 Å². The first-order valence-corrected chi connectivity index (χ1v) is 14.1. The Bertz CT molecular complexity index is 1400. The van der Waals surface area contributed by atoms with Crippen molar-refractivity contribution in [2.24, 2.45) is 5.92 Å². The Morgan fingerprint density at radius 3 is 2.23 bits per heavy atom. The Hall–Kier alpha value is -3.71. The summed E-state index contributed by atoms with van der Waals surface area (Å²) in [5.74, 6) is 1.64. The van der Waals surface area contributed by atoms with Crippen molar-refractivity contribution < 1.29 is 18.3 Å². The average Bonchev–Trinajstić information content (AvgIpc) is 3.46. The second-order valence-electron chi connectivity index (χ2n) is 10.8. The van der Waals surface area contributed by atoms with Gasteiger partial charge in [-0.25, -0.2) is 4.98 Å². The van der Waals surface area contributed by atoms with E-state index in [-0.39, 0.29) is 11.5 Å². The first-order chi connectivity index (χ1) is 19.3. The van der Waals surface area contributed by atoms with Crippen LogP contribution in [0.1, 0.15) is 51.3 Å². The summed E-state index contributed by atoms with van der Waals surface area (Å²) in [6.45, 7) is 9.62. The molecule has 0 unspecified atom stereocenters. The van der Waals surface area contributed by atoms with Gasteiger partial charge in [0.25, 0.3) is 0 Å². The largest absolute Gasteiger partial charge is 0.586 e. The summed E-state index contributed by atoms with van der Waals surface area (Å²) in [4.78, 5) is 7.62. The molecule has 4 aromatic rings. The molecule has 0 radical (unpaired) electrons. The van der Waals surface area contributed by atoms with Gasteiger partial charge in [0.1, 0.15) is 5.82 Å². The van der Waals surface area contributed by atoms with Crippen LogP contribution in [-0.4, -0.2) is 27.3 Å². The number of rotatable bonds is 12. The molecule has 0 N–H and O–H groups in total. The summed E-state index contributed by atoms with van der Waals surface area (Å²) in [6.07, 6.45) is -0.494. The van der Waals surface area contributed by atoms with Gasteiger partial charge in [0, 0.05) is 30.8 Å². The molecule has 0 atom stereocenters. The lowest BCUT2D eigenvalue weighted by atomic mass is 10.1. The summed E-state index contributed by atoms with van der Waals surface area (Å²) in [5.41, 5.74) is 5.21. The minimum atomic E-state index is -3.62. The number of hydrogen-bond acceptors (Lipinski definition) is 4. The Labute approximate surface area is 235 Å². The molecule has 210 valence electrons. The molecule has 1 aliphatic heterocycles. The quantitative estimate of drug-likeness (QED) is 0.179. The highest BCUT2D eigenvalue weighted by Crippen LogP contribution is 2.41. The molecule has 0 saturated carbocycles. The molecule has 40 heavy (non-hydrogen) atoms. The van der Waals surface area contributed by atoms with Crippen LogP contribution in [0.4, 0.5) is 8.78 Å². The van der Waals surface area contributed by atoms with Crippen LogP contribution in [0, 0.1) is 5.92 Å². The van der Waals surface area contributed by atoms with Gasteiger partial charge in [-0.1, -0.05) is 93.9 Å². The van der Waals surface area contributed by atoms with Crippen molar-refractivity contribution in [2.75, 3.05) is 6.54 Å². The zero-order chi connectivity index (χ0) is 28.1. The number of imidazole rings is 1. The molecule has 5 nitrogen and oxygen atoms in total. The van der Waals surface area contributed by atoms with Crippen molar-refractivity contribution in [2.45, 2.75) is 66.0 Å². The molecule has 0 spiro atoms. The standard InChI is InChI=1S/C33H37F2N3O2/c1-4-5-19-38-28(31(26-12-8-6-9-13-26)36-32(38)27-14-10-7-11-15-27)23-37(20-18-24(2)3)22-25-16-17-29-30(21-25)40-33(34,35)39-29/h6-17,21,24H,4-5,18-20,22-23H2,1-3H3. The lowest BCUT2D eigenvalue weighted by molar-refractivity contribution is -0.286. The van der Waals surface area contributed by atoms with Crippen molar-refractivity contribution >= 4 is 0 Å². The highest BCUT2D eigenvalue weighted by Gasteiger charge is 2.43. The van der Waals surface area contributed by atoms with E-state index in [1.807, 2.05) is 42.5 Å². The normalized spacial score (nSPS) is 13.9. The van der Waals surface area contributed by atoms with Crippen LogP contribution >= 0.6 is 0 Å². The molecule has 5 rings (SSSR count). The van der Waals surface area contributed by atoms with E-state index in [0.717, 1.165) is 66.3 Å². The van der Waals surface area contributed by atoms with Gasteiger partial charge in [-0.15, -0.1) is 8.78 Å². The number of benzene rings is 3. The number of unbranched alkanes of at least 4 members (excludes halogenated alkanes) is 1. The van der Waals surface area contributed by atoms with Crippen LogP contribution < -0.4 is 9.47 Å². The number of fused-ring (bicyclic) bond motifs is 1. The molecule has 1 aromatic heterocycles. The minimum Gasteiger partial charge on any atom is -0.395 e. The molecule has 7 heteroatoms. The first kappa shape index (κ1) is 27.8. The summed E-state index contributed by atoms with van der Waals surface area (Å²) >= 11 is 0. The van der Waals surface area contributed by atoms with Gasteiger partial charge in [-0.2, -0.15) is 0 Å². The number of nitrogens with zero attached hydrogens (tertiary/aromatic N) is 3. The maximum atomic E-state index is 13.7. The van der Waals surface area contributed by atoms with Gasteiger partial charge in [-0.05, 0) is 43.0 Å². The lowest BCUT2D eigenvalue weighted by Crippen LogP contribution is -2.27. The molecule has 0 bridgehead atoms. The van der Waals surface area contributed by atoms with Crippen LogP contribution in [-0.2, 0) is 19.6 Å². The van der Waals surface area contributed by atoms with Gasteiger partial charge in [0.15, 0.2) is 11.5 Å². The molecule has 0 aliphatic carbocycles. The van der Waals surface area contributed by atoms with Crippen molar-refractivity contribution in [3.63, 3.8) is 0 Å². The van der Waals surface area contributed by atoms with E-state index in [1.165, 1.54) is 0 Å². The van der Waals surface area contributed by atoms with E-state index < -0.39 is 6.29 Å². The Morgan fingerprint density at radius 2 is 1.55 bits per heavy atom. The Morgan fingerprint density at radius 1 is 0.875 bits per heavy atom. The number of ether oxygens (including phenoxy) is 2. The molecule has 2 heterocycles. The van der Waals surface area contributed by atoms with Crippen LogP contribution in [0.2, 0.25) is 0 Å². The molecular formula is C33H37F2N3O2. The Kier molecular flexibility index (Phi) is 8.50. The fraction of sp³-hybridized carbons (Fsp3) is 0.364. The molecule has 0 amide bonds. The average molecular weight is 546 g/mol. The molecule has 0 fully saturated rings. The van der Waals surface area contributed by atoms with Gasteiger partial charge < -0.3 is 14.0 Å². The third-order valence-corrected chi connectivity index (χ3v) is 7.15. The Balaban J connectivity index is 1.54. The summed E-state index contributed by atoms with van der Waals surface area (Å²) in [5, 5.41) is 0. The predicted octanol–water partition coefficient (Wildman–Crippen LogP) is 8.39. The third-order valence-electron chi connectivity index (χ3n) is 7.15. The number of hydrogen-bond donors (Lipinski definition) is 0. The molecule has 1 aliphatic rings. The van der Waals surface area contributed by atoms with E-state index in [9.17, 15) is 8.78 Å². The fourth-order valence-electron chi connectivity index (χ4n) is 5.06. The lowest BCUT2D eigenvalue weighted by Gasteiger charge is -2.25. The van der Waals surface area contributed by atoms with Gasteiger partial charge in [0.2, 0.25) is 0 Å². The summed E-state index contributed by atoms with van der Waals surface area (Å²) in [7, 11) is 0. The van der Waals surface area contributed by atoms with E-state index in [4.69, 9.17) is 9.72 Å². The number of aromatic nitrogens is 2.